The lowest BCUT2D eigenvalue weighted by Crippen LogP contribution is -2.23. The van der Waals surface area contributed by atoms with Crippen LogP contribution in [0.4, 0.5) is 0 Å². The first-order valence-corrected chi connectivity index (χ1v) is 3.12. The van der Waals surface area contributed by atoms with Crippen molar-refractivity contribution in [1.29, 1.82) is 0 Å². The molecule has 42 valence electrons. The van der Waals surface area contributed by atoms with E-state index in [1.165, 1.54) is 12.8 Å². The first kappa shape index (κ1) is 4.40. The minimum Gasteiger partial charge on any atom is -0.301 e. The molecule has 1 nitrogen and oxygen atoms in total. The summed E-state index contributed by atoms with van der Waals surface area (Å²) in [7, 11) is 0. The predicted octanol–water partition coefficient (Wildman–Crippen LogP) is 0.370. The van der Waals surface area contributed by atoms with Crippen molar-refractivity contribution in [1.82, 2.24) is 5.32 Å². The van der Waals surface area contributed by atoms with Crippen LogP contribution in [0.15, 0.2) is 0 Å². The zero-order valence-corrected chi connectivity index (χ0v) is 4.72. The van der Waals surface area contributed by atoms with Crippen LogP contribution >= 0.6 is 0 Å². The monoisotopic (exact) mass is 107 g/mol. The predicted molar refractivity (Wildman–Crippen MR) is 32.3 cm³/mol. The van der Waals surface area contributed by atoms with E-state index in [0.717, 1.165) is 12.0 Å². The number of piperidine rings is 1. The summed E-state index contributed by atoms with van der Waals surface area (Å²) >= 11 is 0. The summed E-state index contributed by atoms with van der Waals surface area (Å²) in [6.07, 6.45) is 7.80. The van der Waals surface area contributed by atoms with Gasteiger partial charge in [0.1, 0.15) is 0 Å². The minimum atomic E-state index is 0.402. The quantitative estimate of drug-likeness (QED) is 0.441. The molecule has 0 radical (unpaired) electrons. The molecule has 0 aromatic heterocycles. The third-order valence-corrected chi connectivity index (χ3v) is 2.08. The smallest absolute Gasteiger partial charge is 0.0692 e. The largest absolute Gasteiger partial charge is 0.301 e. The molecule has 1 saturated heterocycles. The molecule has 1 aliphatic carbocycles. The number of nitrogens with one attached hydrogen (secondary N) is 1. The Kier molecular flexibility index (Phi) is 0.698. The Labute approximate surface area is 49.5 Å². The summed E-state index contributed by atoms with van der Waals surface area (Å²) in [5.41, 5.74) is 0. The number of rotatable bonds is 0. The van der Waals surface area contributed by atoms with Crippen molar-refractivity contribution in [2.24, 2.45) is 5.92 Å². The maximum Gasteiger partial charge on any atom is 0.0692 e. The Morgan fingerprint density at radius 2 is 2.38 bits per heavy atom. The van der Waals surface area contributed by atoms with Crippen molar-refractivity contribution in [3.8, 4) is 12.3 Å². The lowest BCUT2D eigenvalue weighted by atomic mass is 10.2. The zero-order chi connectivity index (χ0) is 5.56. The van der Waals surface area contributed by atoms with Crippen molar-refractivity contribution in [3.63, 3.8) is 0 Å². The second kappa shape index (κ2) is 1.27. The second-order valence-corrected chi connectivity index (χ2v) is 2.72. The Balaban J connectivity index is 2.01. The fourth-order valence-electron chi connectivity index (χ4n) is 1.46. The van der Waals surface area contributed by atoms with E-state index in [2.05, 4.69) is 11.2 Å². The van der Waals surface area contributed by atoms with Crippen molar-refractivity contribution >= 4 is 0 Å². The molecule has 0 spiro atoms. The van der Waals surface area contributed by atoms with Gasteiger partial charge in [0, 0.05) is 6.04 Å². The number of hydrogen-bond acceptors (Lipinski definition) is 1. The van der Waals surface area contributed by atoms with Crippen molar-refractivity contribution in [2.45, 2.75) is 24.9 Å². The molecule has 8 heavy (non-hydrogen) atoms. The van der Waals surface area contributed by atoms with Gasteiger partial charge in [-0.05, 0) is 18.8 Å². The van der Waals surface area contributed by atoms with Crippen molar-refractivity contribution < 1.29 is 0 Å². The lowest BCUT2D eigenvalue weighted by molar-refractivity contribution is 0.649. The van der Waals surface area contributed by atoms with Gasteiger partial charge in [-0.15, -0.1) is 6.42 Å². The van der Waals surface area contributed by atoms with E-state index in [0.29, 0.717) is 6.04 Å². The highest BCUT2D eigenvalue weighted by atomic mass is 15.0. The molecule has 0 aromatic rings. The van der Waals surface area contributed by atoms with Gasteiger partial charge in [-0.3, -0.25) is 0 Å². The Morgan fingerprint density at radius 1 is 1.50 bits per heavy atom. The molecule has 1 saturated carbocycles. The summed E-state index contributed by atoms with van der Waals surface area (Å²) in [5.74, 6) is 3.65. The van der Waals surface area contributed by atoms with Crippen LogP contribution in [0.25, 0.3) is 0 Å². The topological polar surface area (TPSA) is 12.0 Å². The van der Waals surface area contributed by atoms with E-state index in [9.17, 15) is 0 Å². The molecule has 0 bridgehead atoms. The first-order valence-electron chi connectivity index (χ1n) is 3.12. The van der Waals surface area contributed by atoms with Crippen LogP contribution in [-0.2, 0) is 0 Å². The van der Waals surface area contributed by atoms with Crippen LogP contribution < -0.4 is 5.32 Å². The molecule has 0 aromatic carbocycles. The highest BCUT2D eigenvalue weighted by Gasteiger charge is 2.44. The highest BCUT2D eigenvalue weighted by Crippen LogP contribution is 2.40. The van der Waals surface area contributed by atoms with Crippen molar-refractivity contribution in [2.75, 3.05) is 0 Å². The molecular formula is C7H9N. The molecule has 1 heterocycles. The average Bonchev–Trinajstić information content (AvgIpc) is 2.40. The summed E-state index contributed by atoms with van der Waals surface area (Å²) in [4.78, 5) is 0. The second-order valence-electron chi connectivity index (χ2n) is 2.72. The summed E-state index contributed by atoms with van der Waals surface area (Å²) in [6, 6.07) is 1.20. The molecule has 1 heteroatoms. The van der Waals surface area contributed by atoms with Gasteiger partial charge < -0.3 is 5.32 Å². The Hall–Kier alpha value is -0.480. The molecular weight excluding hydrogens is 98.1 g/mol. The molecule has 2 fully saturated rings. The van der Waals surface area contributed by atoms with E-state index in [-0.39, 0.29) is 0 Å². The van der Waals surface area contributed by atoms with Gasteiger partial charge in [0.25, 0.3) is 0 Å². The normalized spacial score (nSPS) is 50.1. The van der Waals surface area contributed by atoms with Gasteiger partial charge in [-0.1, -0.05) is 5.92 Å². The number of fused-ring (bicyclic) bond motifs is 1. The molecule has 0 amide bonds. The van der Waals surface area contributed by atoms with Crippen molar-refractivity contribution in [3.05, 3.63) is 0 Å². The van der Waals surface area contributed by atoms with E-state index in [4.69, 9.17) is 6.42 Å². The minimum absolute atomic E-state index is 0.402. The number of hydrogen-bond donors (Lipinski definition) is 1. The van der Waals surface area contributed by atoms with E-state index in [1.807, 2.05) is 0 Å². The van der Waals surface area contributed by atoms with Crippen LogP contribution in [0.2, 0.25) is 0 Å². The van der Waals surface area contributed by atoms with Gasteiger partial charge in [-0.2, -0.15) is 0 Å². The summed E-state index contributed by atoms with van der Waals surface area (Å²) in [5, 5.41) is 3.34. The van der Waals surface area contributed by atoms with Crippen LogP contribution in [0.5, 0.6) is 0 Å². The van der Waals surface area contributed by atoms with Crippen LogP contribution in [-0.4, -0.2) is 12.1 Å². The zero-order valence-electron chi connectivity index (χ0n) is 4.72. The van der Waals surface area contributed by atoms with Gasteiger partial charge in [0.2, 0.25) is 0 Å². The standard InChI is InChI=1S/C7H9N/c1-2-6-3-5-4-7(5)8-6/h1,5-8H,3-4H2. The first-order chi connectivity index (χ1) is 3.90. The fourth-order valence-corrected chi connectivity index (χ4v) is 1.46. The van der Waals surface area contributed by atoms with E-state index >= 15 is 0 Å². The van der Waals surface area contributed by atoms with Gasteiger partial charge in [0.15, 0.2) is 0 Å². The Bertz CT molecular complexity index is 135. The van der Waals surface area contributed by atoms with E-state index < -0.39 is 0 Å². The maximum atomic E-state index is 5.20. The maximum absolute atomic E-state index is 5.20. The molecule has 3 unspecified atom stereocenters. The van der Waals surface area contributed by atoms with Crippen LogP contribution in [0.1, 0.15) is 12.8 Å². The van der Waals surface area contributed by atoms with Gasteiger partial charge in [-0.25, -0.2) is 0 Å². The molecule has 1 N–H and O–H groups in total. The Morgan fingerprint density at radius 3 is 2.75 bits per heavy atom. The summed E-state index contributed by atoms with van der Waals surface area (Å²) in [6.45, 7) is 0. The SMILES string of the molecule is C#CC1CC2CC2N1. The van der Waals surface area contributed by atoms with E-state index in [1.54, 1.807) is 0 Å². The van der Waals surface area contributed by atoms with Crippen LogP contribution in [0.3, 0.4) is 0 Å². The molecule has 2 aliphatic rings. The molecule has 3 atom stereocenters. The average molecular weight is 107 g/mol. The van der Waals surface area contributed by atoms with Gasteiger partial charge >= 0.3 is 0 Å². The number of terminal acetylenes is 1. The summed E-state index contributed by atoms with van der Waals surface area (Å²) < 4.78 is 0. The third-order valence-electron chi connectivity index (χ3n) is 2.08. The van der Waals surface area contributed by atoms with Gasteiger partial charge in [0.05, 0.1) is 6.04 Å². The molecule has 2 rings (SSSR count). The molecule has 1 aliphatic heterocycles. The highest BCUT2D eigenvalue weighted by molar-refractivity contribution is 5.13. The van der Waals surface area contributed by atoms with Crippen LogP contribution in [0, 0.1) is 18.3 Å². The third kappa shape index (κ3) is 0.468. The fraction of sp³-hybridized carbons (Fsp3) is 0.714. The lowest BCUT2D eigenvalue weighted by Gasteiger charge is -2.01.